The van der Waals surface area contributed by atoms with E-state index in [0.29, 0.717) is 0 Å². The molecular weight excluding hydrogens is 256 g/mol. The lowest BCUT2D eigenvalue weighted by molar-refractivity contribution is -0.117. The summed E-state index contributed by atoms with van der Waals surface area (Å²) in [6.07, 6.45) is 1.99. The molecule has 1 heterocycles. The second-order valence-electron chi connectivity index (χ2n) is 4.39. The summed E-state index contributed by atoms with van der Waals surface area (Å²) in [7, 11) is 0. The molecule has 3 N–H and O–H groups in total. The van der Waals surface area contributed by atoms with Crippen molar-refractivity contribution >= 4 is 22.9 Å². The van der Waals surface area contributed by atoms with Crippen LogP contribution < -0.4 is 11.1 Å². The molecule has 2 rings (SSSR count). The Morgan fingerprint density at radius 2 is 2.11 bits per heavy atom. The van der Waals surface area contributed by atoms with Gasteiger partial charge in [-0.1, -0.05) is 37.6 Å². The average molecular weight is 274 g/mol. The topological polar surface area (TPSA) is 55.1 Å². The summed E-state index contributed by atoms with van der Waals surface area (Å²) in [5, 5.41) is 4.85. The maximum absolute atomic E-state index is 12.1. The van der Waals surface area contributed by atoms with Crippen LogP contribution in [0.1, 0.15) is 29.8 Å². The third-order valence-electron chi connectivity index (χ3n) is 2.93. The van der Waals surface area contributed by atoms with Crippen molar-refractivity contribution in [1.82, 2.24) is 0 Å². The van der Waals surface area contributed by atoms with Gasteiger partial charge in [-0.05, 0) is 29.5 Å². The highest BCUT2D eigenvalue weighted by Gasteiger charge is 2.17. The lowest BCUT2D eigenvalue weighted by Crippen LogP contribution is -2.27. The number of nitrogens with one attached hydrogen (secondary N) is 1. The first-order chi connectivity index (χ1) is 9.22. The van der Waals surface area contributed by atoms with Crippen LogP contribution in [0.4, 0.5) is 5.69 Å². The summed E-state index contributed by atoms with van der Waals surface area (Å²) >= 11 is 1.50. The Kier molecular flexibility index (Phi) is 4.71. The summed E-state index contributed by atoms with van der Waals surface area (Å²) in [5.41, 5.74) is 7.97. The molecule has 0 saturated carbocycles. The van der Waals surface area contributed by atoms with Crippen LogP contribution in [0.3, 0.4) is 0 Å². The Morgan fingerprint density at radius 3 is 2.79 bits per heavy atom. The second kappa shape index (κ2) is 6.50. The van der Waals surface area contributed by atoms with Gasteiger partial charge in [0.1, 0.15) is 6.04 Å². The van der Waals surface area contributed by atoms with Gasteiger partial charge in [-0.15, -0.1) is 11.3 Å². The number of thiophene rings is 1. The van der Waals surface area contributed by atoms with E-state index in [1.165, 1.54) is 11.3 Å². The highest BCUT2D eigenvalue weighted by atomic mass is 32.1. The molecule has 1 amide bonds. The minimum absolute atomic E-state index is 0.161. The molecule has 4 heteroatoms. The molecule has 1 aromatic heterocycles. The fraction of sp³-hybridized carbons (Fsp3) is 0.267. The quantitative estimate of drug-likeness (QED) is 0.878. The van der Waals surface area contributed by atoms with E-state index in [2.05, 4.69) is 12.2 Å². The zero-order chi connectivity index (χ0) is 13.7. The van der Waals surface area contributed by atoms with Crippen molar-refractivity contribution in [3.05, 3.63) is 52.2 Å². The van der Waals surface area contributed by atoms with Gasteiger partial charge in [0.2, 0.25) is 5.91 Å². The van der Waals surface area contributed by atoms with E-state index in [9.17, 15) is 4.79 Å². The molecule has 0 aliphatic heterocycles. The molecule has 3 nitrogen and oxygen atoms in total. The van der Waals surface area contributed by atoms with Crippen LogP contribution in [-0.2, 0) is 11.2 Å². The van der Waals surface area contributed by atoms with Crippen molar-refractivity contribution in [3.8, 4) is 0 Å². The molecule has 1 atom stereocenters. The van der Waals surface area contributed by atoms with Crippen molar-refractivity contribution in [2.75, 3.05) is 5.32 Å². The van der Waals surface area contributed by atoms with Gasteiger partial charge in [0.05, 0.1) is 0 Å². The van der Waals surface area contributed by atoms with E-state index >= 15 is 0 Å². The number of aryl methyl sites for hydroxylation is 1. The first-order valence-corrected chi connectivity index (χ1v) is 7.28. The molecule has 0 fully saturated rings. The van der Waals surface area contributed by atoms with Gasteiger partial charge in [-0.25, -0.2) is 0 Å². The SMILES string of the molecule is CCCc1ccccc1NC(=O)C(N)c1cccs1. The normalized spacial score (nSPS) is 12.1. The lowest BCUT2D eigenvalue weighted by Gasteiger charge is -2.13. The number of amides is 1. The first kappa shape index (κ1) is 13.8. The van der Waals surface area contributed by atoms with Crippen molar-refractivity contribution in [2.45, 2.75) is 25.8 Å². The van der Waals surface area contributed by atoms with Gasteiger partial charge in [0.15, 0.2) is 0 Å². The number of benzene rings is 1. The van der Waals surface area contributed by atoms with Crippen molar-refractivity contribution in [2.24, 2.45) is 5.73 Å². The minimum atomic E-state index is -0.602. The third kappa shape index (κ3) is 3.43. The van der Waals surface area contributed by atoms with E-state index < -0.39 is 6.04 Å². The Hall–Kier alpha value is -1.65. The van der Waals surface area contributed by atoms with Crippen molar-refractivity contribution in [3.63, 3.8) is 0 Å². The Balaban J connectivity index is 2.10. The van der Waals surface area contributed by atoms with E-state index in [4.69, 9.17) is 5.73 Å². The molecule has 19 heavy (non-hydrogen) atoms. The molecule has 1 aromatic carbocycles. The number of anilines is 1. The highest BCUT2D eigenvalue weighted by molar-refractivity contribution is 7.10. The molecule has 1 unspecified atom stereocenters. The van der Waals surface area contributed by atoms with Crippen LogP contribution in [-0.4, -0.2) is 5.91 Å². The van der Waals surface area contributed by atoms with Crippen LogP contribution >= 0.6 is 11.3 Å². The predicted octanol–water partition coefficient (Wildman–Crippen LogP) is 3.34. The van der Waals surface area contributed by atoms with E-state index in [0.717, 1.165) is 29.0 Å². The molecule has 0 aliphatic rings. The van der Waals surface area contributed by atoms with E-state index in [1.54, 1.807) is 0 Å². The summed E-state index contributed by atoms with van der Waals surface area (Å²) in [4.78, 5) is 13.0. The number of hydrogen-bond donors (Lipinski definition) is 2. The van der Waals surface area contributed by atoms with Crippen LogP contribution in [0, 0.1) is 0 Å². The maximum Gasteiger partial charge on any atom is 0.246 e. The summed E-state index contributed by atoms with van der Waals surface area (Å²) in [5.74, 6) is -0.161. The van der Waals surface area contributed by atoms with E-state index in [1.807, 2.05) is 41.8 Å². The molecular formula is C15H18N2OS. The molecule has 0 bridgehead atoms. The number of carbonyl (C=O) groups is 1. The molecule has 0 radical (unpaired) electrons. The third-order valence-corrected chi connectivity index (χ3v) is 3.88. The largest absolute Gasteiger partial charge is 0.324 e. The zero-order valence-corrected chi connectivity index (χ0v) is 11.7. The molecule has 100 valence electrons. The van der Waals surface area contributed by atoms with Crippen LogP contribution in [0.25, 0.3) is 0 Å². The second-order valence-corrected chi connectivity index (χ2v) is 5.37. The smallest absolute Gasteiger partial charge is 0.246 e. The number of carbonyl (C=O) groups excluding carboxylic acids is 1. The first-order valence-electron chi connectivity index (χ1n) is 6.40. The standard InChI is InChI=1S/C15H18N2OS/c1-2-6-11-7-3-4-8-12(11)17-15(18)14(16)13-9-5-10-19-13/h3-5,7-10,14H,2,6,16H2,1H3,(H,17,18). The Bertz CT molecular complexity index is 537. The number of nitrogens with two attached hydrogens (primary N) is 1. The van der Waals surface area contributed by atoms with E-state index in [-0.39, 0.29) is 5.91 Å². The van der Waals surface area contributed by atoms with Gasteiger partial charge in [-0.3, -0.25) is 4.79 Å². The van der Waals surface area contributed by atoms with Crippen LogP contribution in [0.2, 0.25) is 0 Å². The maximum atomic E-state index is 12.1. The lowest BCUT2D eigenvalue weighted by atomic mass is 10.1. The molecule has 0 saturated heterocycles. The van der Waals surface area contributed by atoms with Gasteiger partial charge < -0.3 is 11.1 Å². The fourth-order valence-electron chi connectivity index (χ4n) is 1.94. The molecule has 2 aromatic rings. The predicted molar refractivity (Wildman–Crippen MR) is 80.3 cm³/mol. The summed E-state index contributed by atoms with van der Waals surface area (Å²) < 4.78 is 0. The zero-order valence-electron chi connectivity index (χ0n) is 10.9. The van der Waals surface area contributed by atoms with Gasteiger partial charge in [0, 0.05) is 10.6 Å². The Labute approximate surface area is 117 Å². The highest BCUT2D eigenvalue weighted by Crippen LogP contribution is 2.21. The average Bonchev–Trinajstić information content (AvgIpc) is 2.94. The summed E-state index contributed by atoms with van der Waals surface area (Å²) in [6.45, 7) is 2.12. The van der Waals surface area contributed by atoms with Crippen molar-refractivity contribution in [1.29, 1.82) is 0 Å². The number of para-hydroxylation sites is 1. The Morgan fingerprint density at radius 1 is 1.32 bits per heavy atom. The minimum Gasteiger partial charge on any atom is -0.324 e. The van der Waals surface area contributed by atoms with Crippen LogP contribution in [0.15, 0.2) is 41.8 Å². The van der Waals surface area contributed by atoms with Gasteiger partial charge in [0.25, 0.3) is 0 Å². The fourth-order valence-corrected chi connectivity index (χ4v) is 2.66. The summed E-state index contributed by atoms with van der Waals surface area (Å²) in [6, 6.07) is 11.0. The molecule has 0 aliphatic carbocycles. The van der Waals surface area contributed by atoms with Gasteiger partial charge >= 0.3 is 0 Å². The molecule has 0 spiro atoms. The number of rotatable bonds is 5. The number of hydrogen-bond acceptors (Lipinski definition) is 3. The van der Waals surface area contributed by atoms with Crippen molar-refractivity contribution < 1.29 is 4.79 Å². The van der Waals surface area contributed by atoms with Crippen LogP contribution in [0.5, 0.6) is 0 Å². The van der Waals surface area contributed by atoms with Gasteiger partial charge in [-0.2, -0.15) is 0 Å². The monoisotopic (exact) mass is 274 g/mol.